The Morgan fingerprint density at radius 2 is 1.90 bits per heavy atom. The van der Waals surface area contributed by atoms with Gasteiger partial charge in [0, 0.05) is 18.3 Å². The molecule has 3 nitrogen and oxygen atoms in total. The molecule has 0 spiro atoms. The Balaban J connectivity index is 1.38. The fourth-order valence-electron chi connectivity index (χ4n) is 3.80. The first-order chi connectivity index (χ1) is 9.83. The van der Waals surface area contributed by atoms with Crippen molar-refractivity contribution < 1.29 is 4.74 Å². The molecule has 2 N–H and O–H groups in total. The van der Waals surface area contributed by atoms with Crippen molar-refractivity contribution in [1.82, 2.24) is 4.90 Å². The summed E-state index contributed by atoms with van der Waals surface area (Å²) < 4.78 is 5.77. The van der Waals surface area contributed by atoms with Gasteiger partial charge in [0.25, 0.3) is 0 Å². The predicted octanol–water partition coefficient (Wildman–Crippen LogP) is 3.30. The van der Waals surface area contributed by atoms with E-state index in [2.05, 4.69) is 4.90 Å². The number of nitrogens with two attached hydrogens (primary N) is 1. The van der Waals surface area contributed by atoms with Gasteiger partial charge in [-0.15, -0.1) is 0 Å². The second-order valence-electron chi connectivity index (χ2n) is 6.21. The Hall–Kier alpha value is -1.22. The molecule has 2 fully saturated rings. The predicted molar refractivity (Wildman–Crippen MR) is 82.9 cm³/mol. The molecule has 1 saturated carbocycles. The molecule has 1 aromatic rings. The molecule has 1 heterocycles. The topological polar surface area (TPSA) is 38.5 Å². The highest BCUT2D eigenvalue weighted by atomic mass is 16.5. The minimum atomic E-state index is 0.790. The smallest absolute Gasteiger partial charge is 0.119 e. The summed E-state index contributed by atoms with van der Waals surface area (Å²) in [6, 6.07) is 8.55. The standard InChI is InChI=1S/C17H26N2O/c18-15-6-8-16(9-7-15)20-13-3-11-19-12-10-14-4-1-2-5-17(14)19/h6-9,14,17H,1-5,10-13,18H2. The second kappa shape index (κ2) is 6.49. The Labute approximate surface area is 122 Å². The summed E-state index contributed by atoms with van der Waals surface area (Å²) in [5.41, 5.74) is 6.45. The quantitative estimate of drug-likeness (QED) is 0.661. The number of fused-ring (bicyclic) bond motifs is 1. The molecule has 1 aliphatic carbocycles. The van der Waals surface area contributed by atoms with Crippen LogP contribution in [0.1, 0.15) is 38.5 Å². The molecule has 2 aliphatic rings. The molecule has 20 heavy (non-hydrogen) atoms. The van der Waals surface area contributed by atoms with Crippen molar-refractivity contribution in [3.05, 3.63) is 24.3 Å². The number of anilines is 1. The minimum Gasteiger partial charge on any atom is -0.494 e. The number of nitrogen functional groups attached to an aromatic ring is 1. The monoisotopic (exact) mass is 274 g/mol. The summed E-state index contributed by atoms with van der Waals surface area (Å²) in [5, 5.41) is 0. The number of nitrogens with zero attached hydrogens (tertiary/aromatic N) is 1. The molecule has 1 saturated heterocycles. The molecule has 2 unspecified atom stereocenters. The van der Waals surface area contributed by atoms with Crippen LogP contribution in [0.2, 0.25) is 0 Å². The maximum absolute atomic E-state index is 5.77. The summed E-state index contributed by atoms with van der Waals surface area (Å²) in [6.45, 7) is 3.30. The highest BCUT2D eigenvalue weighted by Crippen LogP contribution is 2.35. The average molecular weight is 274 g/mol. The fourth-order valence-corrected chi connectivity index (χ4v) is 3.80. The number of ether oxygens (including phenoxy) is 1. The summed E-state index contributed by atoms with van der Waals surface area (Å²) in [7, 11) is 0. The lowest BCUT2D eigenvalue weighted by Crippen LogP contribution is -2.35. The third kappa shape index (κ3) is 3.26. The normalized spacial score (nSPS) is 26.4. The lowest BCUT2D eigenvalue weighted by Gasteiger charge is -2.31. The fraction of sp³-hybridized carbons (Fsp3) is 0.647. The largest absolute Gasteiger partial charge is 0.494 e. The Morgan fingerprint density at radius 1 is 1.10 bits per heavy atom. The number of rotatable bonds is 5. The van der Waals surface area contributed by atoms with E-state index in [1.165, 1.54) is 45.2 Å². The van der Waals surface area contributed by atoms with Crippen LogP contribution in [-0.2, 0) is 0 Å². The van der Waals surface area contributed by atoms with Gasteiger partial charge in [-0.2, -0.15) is 0 Å². The van der Waals surface area contributed by atoms with E-state index in [4.69, 9.17) is 10.5 Å². The van der Waals surface area contributed by atoms with Gasteiger partial charge in [-0.05, 0) is 62.4 Å². The van der Waals surface area contributed by atoms with Gasteiger partial charge in [0.05, 0.1) is 6.61 Å². The van der Waals surface area contributed by atoms with Gasteiger partial charge < -0.3 is 10.5 Å². The van der Waals surface area contributed by atoms with Crippen LogP contribution in [0.25, 0.3) is 0 Å². The van der Waals surface area contributed by atoms with Crippen LogP contribution in [0.15, 0.2) is 24.3 Å². The first kappa shape index (κ1) is 13.7. The van der Waals surface area contributed by atoms with E-state index in [1.807, 2.05) is 24.3 Å². The molecule has 3 heteroatoms. The lowest BCUT2D eigenvalue weighted by atomic mass is 9.85. The molecule has 0 radical (unpaired) electrons. The van der Waals surface area contributed by atoms with Crippen molar-refractivity contribution in [3.8, 4) is 5.75 Å². The highest BCUT2D eigenvalue weighted by Gasteiger charge is 2.34. The number of likely N-dealkylation sites (tertiary alicyclic amines) is 1. The first-order valence-electron chi connectivity index (χ1n) is 8.05. The molecule has 3 rings (SSSR count). The van der Waals surface area contributed by atoms with E-state index in [1.54, 1.807) is 0 Å². The molecule has 110 valence electrons. The SMILES string of the molecule is Nc1ccc(OCCCN2CCC3CCCCC32)cc1. The van der Waals surface area contributed by atoms with E-state index in [0.717, 1.165) is 36.4 Å². The van der Waals surface area contributed by atoms with E-state index >= 15 is 0 Å². The van der Waals surface area contributed by atoms with Gasteiger partial charge in [0.2, 0.25) is 0 Å². The molecule has 0 bridgehead atoms. The minimum absolute atomic E-state index is 0.790. The summed E-state index contributed by atoms with van der Waals surface area (Å²) >= 11 is 0. The van der Waals surface area contributed by atoms with Crippen molar-refractivity contribution in [2.75, 3.05) is 25.4 Å². The lowest BCUT2D eigenvalue weighted by molar-refractivity contribution is 0.170. The van der Waals surface area contributed by atoms with Crippen molar-refractivity contribution >= 4 is 5.69 Å². The average Bonchev–Trinajstić information content (AvgIpc) is 2.89. The van der Waals surface area contributed by atoms with Crippen molar-refractivity contribution in [1.29, 1.82) is 0 Å². The van der Waals surface area contributed by atoms with Crippen LogP contribution in [0.3, 0.4) is 0 Å². The highest BCUT2D eigenvalue weighted by molar-refractivity contribution is 5.41. The van der Waals surface area contributed by atoms with Crippen molar-refractivity contribution in [2.24, 2.45) is 5.92 Å². The third-order valence-electron chi connectivity index (χ3n) is 4.86. The van der Waals surface area contributed by atoms with Crippen LogP contribution in [0.5, 0.6) is 5.75 Å². The van der Waals surface area contributed by atoms with Crippen LogP contribution in [0.4, 0.5) is 5.69 Å². The Kier molecular flexibility index (Phi) is 4.46. The zero-order chi connectivity index (χ0) is 13.8. The molecule has 0 amide bonds. The summed E-state index contributed by atoms with van der Waals surface area (Å²) in [5.74, 6) is 1.91. The van der Waals surface area contributed by atoms with Gasteiger partial charge in [0.15, 0.2) is 0 Å². The Morgan fingerprint density at radius 3 is 2.75 bits per heavy atom. The van der Waals surface area contributed by atoms with Crippen LogP contribution >= 0.6 is 0 Å². The Bertz CT molecular complexity index is 418. The maximum atomic E-state index is 5.77. The van der Waals surface area contributed by atoms with Gasteiger partial charge in [-0.25, -0.2) is 0 Å². The van der Waals surface area contributed by atoms with Crippen LogP contribution in [0, 0.1) is 5.92 Å². The van der Waals surface area contributed by atoms with Crippen molar-refractivity contribution in [3.63, 3.8) is 0 Å². The van der Waals surface area contributed by atoms with Crippen LogP contribution in [-0.4, -0.2) is 30.6 Å². The van der Waals surface area contributed by atoms with Gasteiger partial charge in [0.1, 0.15) is 5.75 Å². The number of benzene rings is 1. The summed E-state index contributed by atoms with van der Waals surface area (Å²) in [6.07, 6.45) is 8.30. The zero-order valence-corrected chi connectivity index (χ0v) is 12.3. The number of hydrogen-bond acceptors (Lipinski definition) is 3. The molecular weight excluding hydrogens is 248 g/mol. The van der Waals surface area contributed by atoms with E-state index < -0.39 is 0 Å². The van der Waals surface area contributed by atoms with Crippen molar-refractivity contribution in [2.45, 2.75) is 44.6 Å². The molecule has 1 aromatic carbocycles. The van der Waals surface area contributed by atoms with E-state index in [0.29, 0.717) is 0 Å². The van der Waals surface area contributed by atoms with Gasteiger partial charge in [-0.1, -0.05) is 12.8 Å². The molecule has 2 atom stereocenters. The van der Waals surface area contributed by atoms with Crippen LogP contribution < -0.4 is 10.5 Å². The van der Waals surface area contributed by atoms with E-state index in [9.17, 15) is 0 Å². The first-order valence-corrected chi connectivity index (χ1v) is 8.05. The van der Waals surface area contributed by atoms with Gasteiger partial charge in [-0.3, -0.25) is 4.90 Å². The van der Waals surface area contributed by atoms with E-state index in [-0.39, 0.29) is 0 Å². The second-order valence-corrected chi connectivity index (χ2v) is 6.21. The summed E-state index contributed by atoms with van der Waals surface area (Å²) in [4.78, 5) is 2.70. The molecule has 1 aliphatic heterocycles. The molecule has 0 aromatic heterocycles. The zero-order valence-electron chi connectivity index (χ0n) is 12.3. The number of hydrogen-bond donors (Lipinski definition) is 1. The maximum Gasteiger partial charge on any atom is 0.119 e. The van der Waals surface area contributed by atoms with Gasteiger partial charge >= 0.3 is 0 Å². The molecular formula is C17H26N2O. The third-order valence-corrected chi connectivity index (χ3v) is 4.86.